The summed E-state index contributed by atoms with van der Waals surface area (Å²) >= 11 is 0. The topological polar surface area (TPSA) is 52.1 Å². The summed E-state index contributed by atoms with van der Waals surface area (Å²) < 4.78 is 5.97. The quantitative estimate of drug-likeness (QED) is 0.580. The van der Waals surface area contributed by atoms with E-state index in [9.17, 15) is 0 Å². The van der Waals surface area contributed by atoms with Gasteiger partial charge in [-0.2, -0.15) is 0 Å². The van der Waals surface area contributed by atoms with E-state index in [0.717, 1.165) is 51.6 Å². The maximum absolute atomic E-state index is 5.97. The second-order valence-electron chi connectivity index (χ2n) is 8.29. The van der Waals surface area contributed by atoms with Gasteiger partial charge in [0.2, 0.25) is 0 Å². The average molecular weight is 386 g/mol. The molecule has 0 amide bonds. The van der Waals surface area contributed by atoms with Crippen LogP contribution in [0.3, 0.4) is 0 Å². The molecule has 3 heterocycles. The molecule has 28 heavy (non-hydrogen) atoms. The molecular weight excluding hydrogens is 350 g/mol. The van der Waals surface area contributed by atoms with Crippen LogP contribution in [-0.2, 0) is 4.74 Å². The normalized spacial score (nSPS) is 29.1. The Morgan fingerprint density at radius 3 is 2.61 bits per heavy atom. The van der Waals surface area contributed by atoms with Crippen molar-refractivity contribution >= 4 is 11.6 Å². The molecule has 6 heteroatoms. The standard InChI is InChI=1S/C22H35N5O/c1-3-23-22(25-20-15-19-9-10-21(20)28-19)24-16-17(2)26-11-13-27(14-12-26)18-7-5-4-6-8-18/h4-8,17,19-21H,3,9-16H2,1-2H3,(H2,23,24,25). The maximum atomic E-state index is 5.97. The molecule has 1 aromatic rings. The SMILES string of the molecule is CCNC(=NCC(C)N1CCN(c2ccccc2)CC1)NC1CC2CCC1O2. The number of hydrogen-bond donors (Lipinski definition) is 2. The van der Waals surface area contributed by atoms with E-state index in [1.54, 1.807) is 0 Å². The minimum Gasteiger partial charge on any atom is -0.373 e. The van der Waals surface area contributed by atoms with Crippen molar-refractivity contribution in [2.45, 2.75) is 57.4 Å². The van der Waals surface area contributed by atoms with E-state index in [4.69, 9.17) is 9.73 Å². The molecule has 3 saturated heterocycles. The second-order valence-corrected chi connectivity index (χ2v) is 8.29. The van der Waals surface area contributed by atoms with Crippen molar-refractivity contribution in [3.63, 3.8) is 0 Å². The van der Waals surface area contributed by atoms with Crippen molar-refractivity contribution in [1.82, 2.24) is 15.5 Å². The molecule has 4 unspecified atom stereocenters. The van der Waals surface area contributed by atoms with Crippen LogP contribution in [0.4, 0.5) is 5.69 Å². The fraction of sp³-hybridized carbons (Fsp3) is 0.682. The highest BCUT2D eigenvalue weighted by atomic mass is 16.5. The van der Waals surface area contributed by atoms with Gasteiger partial charge in [-0.3, -0.25) is 9.89 Å². The zero-order valence-electron chi connectivity index (χ0n) is 17.3. The predicted octanol–water partition coefficient (Wildman–Crippen LogP) is 2.07. The van der Waals surface area contributed by atoms with Crippen molar-refractivity contribution in [2.24, 2.45) is 4.99 Å². The van der Waals surface area contributed by atoms with Crippen molar-refractivity contribution < 1.29 is 4.74 Å². The third-order valence-electron chi connectivity index (χ3n) is 6.34. The Hall–Kier alpha value is -1.79. The Morgan fingerprint density at radius 1 is 1.18 bits per heavy atom. The van der Waals surface area contributed by atoms with Gasteiger partial charge in [-0.1, -0.05) is 18.2 Å². The number of piperazine rings is 1. The van der Waals surface area contributed by atoms with Gasteiger partial charge in [-0.05, 0) is 45.2 Å². The van der Waals surface area contributed by atoms with Crippen LogP contribution >= 0.6 is 0 Å². The van der Waals surface area contributed by atoms with E-state index in [0.29, 0.717) is 24.3 Å². The minimum absolute atomic E-state index is 0.373. The van der Waals surface area contributed by atoms with Gasteiger partial charge in [-0.25, -0.2) is 0 Å². The van der Waals surface area contributed by atoms with Crippen LogP contribution < -0.4 is 15.5 Å². The van der Waals surface area contributed by atoms with Crippen LogP contribution in [0.1, 0.15) is 33.1 Å². The summed E-state index contributed by atoms with van der Waals surface area (Å²) in [6.45, 7) is 10.5. The van der Waals surface area contributed by atoms with Crippen LogP contribution in [0.25, 0.3) is 0 Å². The van der Waals surface area contributed by atoms with E-state index >= 15 is 0 Å². The first kappa shape index (κ1) is 19.5. The number of guanidine groups is 1. The van der Waals surface area contributed by atoms with Gasteiger partial charge in [-0.15, -0.1) is 0 Å². The number of nitrogens with one attached hydrogen (secondary N) is 2. The van der Waals surface area contributed by atoms with Crippen molar-refractivity contribution in [2.75, 3.05) is 44.2 Å². The number of nitrogens with zero attached hydrogens (tertiary/aromatic N) is 3. The van der Waals surface area contributed by atoms with Gasteiger partial charge in [0, 0.05) is 44.5 Å². The van der Waals surface area contributed by atoms with Crippen LogP contribution in [-0.4, -0.2) is 74.4 Å². The first-order valence-corrected chi connectivity index (χ1v) is 11.0. The van der Waals surface area contributed by atoms with Crippen molar-refractivity contribution in [1.29, 1.82) is 0 Å². The summed E-state index contributed by atoms with van der Waals surface area (Å²) in [4.78, 5) is 9.94. The fourth-order valence-corrected chi connectivity index (χ4v) is 4.68. The molecule has 0 spiro atoms. The second kappa shape index (κ2) is 9.14. The molecule has 4 rings (SSSR count). The molecular formula is C22H35N5O. The first-order valence-electron chi connectivity index (χ1n) is 11.0. The van der Waals surface area contributed by atoms with E-state index < -0.39 is 0 Å². The number of ether oxygens (including phenoxy) is 1. The molecule has 3 aliphatic rings. The number of anilines is 1. The minimum atomic E-state index is 0.373. The van der Waals surface area contributed by atoms with E-state index in [2.05, 4.69) is 64.6 Å². The molecule has 2 N–H and O–H groups in total. The average Bonchev–Trinajstić information content (AvgIpc) is 3.36. The van der Waals surface area contributed by atoms with Gasteiger partial charge >= 0.3 is 0 Å². The Kier molecular flexibility index (Phi) is 6.37. The van der Waals surface area contributed by atoms with Gasteiger partial charge < -0.3 is 20.3 Å². The molecule has 1 aromatic carbocycles. The summed E-state index contributed by atoms with van der Waals surface area (Å²) in [6, 6.07) is 11.6. The smallest absolute Gasteiger partial charge is 0.191 e. The number of aliphatic imine (C=N–C) groups is 1. The van der Waals surface area contributed by atoms with Crippen LogP contribution in [0.2, 0.25) is 0 Å². The maximum Gasteiger partial charge on any atom is 0.191 e. The van der Waals surface area contributed by atoms with Crippen LogP contribution in [0.15, 0.2) is 35.3 Å². The molecule has 4 atom stereocenters. The molecule has 0 saturated carbocycles. The predicted molar refractivity (Wildman–Crippen MR) is 115 cm³/mol. The van der Waals surface area contributed by atoms with Crippen molar-refractivity contribution in [3.05, 3.63) is 30.3 Å². The zero-order chi connectivity index (χ0) is 19.3. The molecule has 154 valence electrons. The lowest BCUT2D eigenvalue weighted by molar-refractivity contribution is 0.0992. The lowest BCUT2D eigenvalue weighted by Gasteiger charge is -2.38. The third kappa shape index (κ3) is 4.61. The van der Waals surface area contributed by atoms with Crippen LogP contribution in [0.5, 0.6) is 0 Å². The van der Waals surface area contributed by atoms with Gasteiger partial charge in [0.1, 0.15) is 0 Å². The van der Waals surface area contributed by atoms with Crippen molar-refractivity contribution in [3.8, 4) is 0 Å². The summed E-state index contributed by atoms with van der Waals surface area (Å²) in [6.07, 6.45) is 4.36. The third-order valence-corrected chi connectivity index (χ3v) is 6.34. The Morgan fingerprint density at radius 2 is 1.96 bits per heavy atom. The summed E-state index contributed by atoms with van der Waals surface area (Å²) in [7, 11) is 0. The molecule has 6 nitrogen and oxygen atoms in total. The van der Waals surface area contributed by atoms with Crippen LogP contribution in [0, 0.1) is 0 Å². The molecule has 3 fully saturated rings. The first-order chi connectivity index (χ1) is 13.7. The van der Waals surface area contributed by atoms with E-state index in [1.807, 2.05) is 0 Å². The summed E-state index contributed by atoms with van der Waals surface area (Å²) in [5, 5.41) is 7.03. The lowest BCUT2D eigenvalue weighted by atomic mass is 9.96. The molecule has 2 bridgehead atoms. The highest BCUT2D eigenvalue weighted by Crippen LogP contribution is 2.34. The number of fused-ring (bicyclic) bond motifs is 2. The molecule has 0 radical (unpaired) electrons. The monoisotopic (exact) mass is 385 g/mol. The Balaban J connectivity index is 1.26. The van der Waals surface area contributed by atoms with Gasteiger partial charge in [0.05, 0.1) is 24.8 Å². The number of benzene rings is 1. The summed E-state index contributed by atoms with van der Waals surface area (Å²) in [5.41, 5.74) is 1.33. The van der Waals surface area contributed by atoms with E-state index in [1.165, 1.54) is 18.5 Å². The molecule has 0 aromatic heterocycles. The Labute approximate surface area is 169 Å². The number of rotatable bonds is 6. The van der Waals surface area contributed by atoms with Gasteiger partial charge in [0.25, 0.3) is 0 Å². The lowest BCUT2D eigenvalue weighted by Crippen LogP contribution is -2.51. The highest BCUT2D eigenvalue weighted by molar-refractivity contribution is 5.80. The Bertz CT molecular complexity index is 644. The summed E-state index contributed by atoms with van der Waals surface area (Å²) in [5.74, 6) is 0.943. The zero-order valence-corrected chi connectivity index (χ0v) is 17.3. The van der Waals surface area contributed by atoms with Gasteiger partial charge in [0.15, 0.2) is 5.96 Å². The number of hydrogen-bond acceptors (Lipinski definition) is 4. The largest absolute Gasteiger partial charge is 0.373 e. The number of para-hydroxylation sites is 1. The molecule has 3 aliphatic heterocycles. The fourth-order valence-electron chi connectivity index (χ4n) is 4.68. The molecule has 0 aliphatic carbocycles. The van der Waals surface area contributed by atoms with E-state index in [-0.39, 0.29) is 0 Å². The highest BCUT2D eigenvalue weighted by Gasteiger charge is 2.41.